The molecule has 25 heavy (non-hydrogen) atoms. The van der Waals surface area contributed by atoms with E-state index in [9.17, 15) is 4.79 Å². The Morgan fingerprint density at radius 3 is 2.24 bits per heavy atom. The lowest BCUT2D eigenvalue weighted by molar-refractivity contribution is -0.117. The SMILES string of the molecule is CCOc1ccccc1NC(=O)C1[C@H]2CC/C=C\CC/C=C/CC[C@@H]12. The Bertz CT molecular complexity index is 611. The van der Waals surface area contributed by atoms with Gasteiger partial charge >= 0.3 is 0 Å². The van der Waals surface area contributed by atoms with Crippen molar-refractivity contribution in [2.75, 3.05) is 11.9 Å². The van der Waals surface area contributed by atoms with E-state index >= 15 is 0 Å². The number of anilines is 1. The maximum absolute atomic E-state index is 12.8. The van der Waals surface area contributed by atoms with Crippen LogP contribution in [0.25, 0.3) is 0 Å². The number of rotatable bonds is 4. The molecule has 0 spiro atoms. The lowest BCUT2D eigenvalue weighted by atomic mass is 10.1. The molecule has 0 saturated heterocycles. The zero-order chi connectivity index (χ0) is 17.5. The predicted molar refractivity (Wildman–Crippen MR) is 103 cm³/mol. The predicted octanol–water partition coefficient (Wildman–Crippen LogP) is 5.35. The lowest BCUT2D eigenvalue weighted by Crippen LogP contribution is -2.16. The quantitative estimate of drug-likeness (QED) is 0.751. The molecule has 1 fully saturated rings. The number of hydrogen-bond donors (Lipinski definition) is 1. The van der Waals surface area contributed by atoms with E-state index in [1.807, 2.05) is 31.2 Å². The molecule has 1 unspecified atom stereocenters. The highest BCUT2D eigenvalue weighted by Crippen LogP contribution is 2.52. The average molecular weight is 339 g/mol. The largest absolute Gasteiger partial charge is 0.492 e. The summed E-state index contributed by atoms with van der Waals surface area (Å²) in [6.07, 6.45) is 15.8. The Hall–Kier alpha value is -2.03. The Balaban J connectivity index is 1.64. The molecule has 3 nitrogen and oxygen atoms in total. The molecule has 0 heterocycles. The van der Waals surface area contributed by atoms with Gasteiger partial charge in [-0.25, -0.2) is 0 Å². The number of fused-ring (bicyclic) bond motifs is 1. The minimum absolute atomic E-state index is 0.150. The van der Waals surface area contributed by atoms with Gasteiger partial charge in [-0.2, -0.15) is 0 Å². The van der Waals surface area contributed by atoms with E-state index in [4.69, 9.17) is 4.74 Å². The van der Waals surface area contributed by atoms with Crippen LogP contribution >= 0.6 is 0 Å². The normalized spacial score (nSPS) is 28.6. The van der Waals surface area contributed by atoms with E-state index in [1.54, 1.807) is 0 Å². The number of carbonyl (C=O) groups is 1. The second-order valence-electron chi connectivity index (χ2n) is 6.95. The van der Waals surface area contributed by atoms with Gasteiger partial charge in [0.05, 0.1) is 12.3 Å². The number of amides is 1. The Kier molecular flexibility index (Phi) is 6.32. The van der Waals surface area contributed by atoms with Crippen LogP contribution in [0, 0.1) is 17.8 Å². The maximum atomic E-state index is 12.8. The van der Waals surface area contributed by atoms with Crippen LogP contribution < -0.4 is 10.1 Å². The smallest absolute Gasteiger partial charge is 0.228 e. The summed E-state index contributed by atoms with van der Waals surface area (Å²) in [6, 6.07) is 7.70. The second-order valence-corrected chi connectivity index (χ2v) is 6.95. The summed E-state index contributed by atoms with van der Waals surface area (Å²) in [4.78, 5) is 12.8. The van der Waals surface area contributed by atoms with Crippen LogP contribution in [0.4, 0.5) is 5.69 Å². The van der Waals surface area contributed by atoms with Crippen molar-refractivity contribution >= 4 is 11.6 Å². The number of ether oxygens (including phenoxy) is 1. The molecule has 3 rings (SSSR count). The van der Waals surface area contributed by atoms with Crippen LogP contribution in [-0.4, -0.2) is 12.5 Å². The highest BCUT2D eigenvalue weighted by Gasteiger charge is 2.52. The van der Waals surface area contributed by atoms with Gasteiger partial charge in [-0.1, -0.05) is 36.4 Å². The first-order valence-electron chi connectivity index (χ1n) is 9.64. The summed E-state index contributed by atoms with van der Waals surface area (Å²) in [5, 5.41) is 3.11. The highest BCUT2D eigenvalue weighted by molar-refractivity contribution is 5.96. The van der Waals surface area contributed by atoms with E-state index in [0.29, 0.717) is 18.4 Å². The second kappa shape index (κ2) is 8.89. The molecule has 0 aromatic heterocycles. The molecular weight excluding hydrogens is 310 g/mol. The van der Waals surface area contributed by atoms with Gasteiger partial charge < -0.3 is 10.1 Å². The van der Waals surface area contributed by atoms with E-state index in [0.717, 1.165) is 50.0 Å². The molecule has 0 radical (unpaired) electrons. The number of carbonyl (C=O) groups excluding carboxylic acids is 1. The third-order valence-corrected chi connectivity index (χ3v) is 5.25. The van der Waals surface area contributed by atoms with Crippen LogP contribution in [0.5, 0.6) is 5.75 Å². The summed E-state index contributed by atoms with van der Waals surface area (Å²) in [7, 11) is 0. The lowest BCUT2D eigenvalue weighted by Gasteiger charge is -2.11. The fourth-order valence-corrected chi connectivity index (χ4v) is 3.93. The van der Waals surface area contributed by atoms with Gasteiger partial charge in [-0.05, 0) is 69.4 Å². The first-order valence-corrected chi connectivity index (χ1v) is 9.64. The van der Waals surface area contributed by atoms with Gasteiger partial charge in [0, 0.05) is 5.92 Å². The molecule has 2 aliphatic carbocycles. The standard InChI is InChI=1S/C22H29NO2/c1-2-25-20-16-12-11-15-19(20)23-22(24)21-17-13-9-7-5-3-4-6-8-10-14-18(17)21/h5-8,11-12,15-18,21H,2-4,9-10,13-14H2,1H3,(H,23,24)/b7-5-,8-6+/t17-,18+,21?/m0/s1. The first-order chi connectivity index (χ1) is 12.3. The summed E-state index contributed by atoms with van der Waals surface area (Å²) in [5.74, 6) is 2.11. The highest BCUT2D eigenvalue weighted by atomic mass is 16.5. The molecule has 134 valence electrons. The molecule has 1 aromatic rings. The van der Waals surface area contributed by atoms with Gasteiger partial charge in [0.25, 0.3) is 0 Å². The third kappa shape index (κ3) is 4.75. The zero-order valence-corrected chi connectivity index (χ0v) is 15.1. The monoisotopic (exact) mass is 339 g/mol. The molecule has 0 aliphatic heterocycles. The average Bonchev–Trinajstić information content (AvgIpc) is 3.29. The van der Waals surface area contributed by atoms with Gasteiger partial charge in [0.2, 0.25) is 5.91 Å². The van der Waals surface area contributed by atoms with Crippen LogP contribution in [0.2, 0.25) is 0 Å². The molecule has 1 amide bonds. The van der Waals surface area contributed by atoms with E-state index < -0.39 is 0 Å². The number of hydrogen-bond acceptors (Lipinski definition) is 2. The van der Waals surface area contributed by atoms with E-state index in [-0.39, 0.29) is 11.8 Å². The van der Waals surface area contributed by atoms with Gasteiger partial charge in [-0.3, -0.25) is 4.79 Å². The Labute approximate surface area is 151 Å². The van der Waals surface area contributed by atoms with E-state index in [1.165, 1.54) is 0 Å². The van der Waals surface area contributed by atoms with Crippen molar-refractivity contribution in [3.8, 4) is 5.75 Å². The molecule has 3 atom stereocenters. The fourth-order valence-electron chi connectivity index (χ4n) is 3.93. The summed E-state index contributed by atoms with van der Waals surface area (Å²) < 4.78 is 5.62. The number of nitrogens with one attached hydrogen (secondary N) is 1. The van der Waals surface area contributed by atoms with Crippen LogP contribution in [0.15, 0.2) is 48.6 Å². The number of benzene rings is 1. The molecular formula is C22H29NO2. The van der Waals surface area contributed by atoms with Crippen molar-refractivity contribution in [1.82, 2.24) is 0 Å². The van der Waals surface area contributed by atoms with Crippen LogP contribution in [0.1, 0.15) is 45.4 Å². The molecule has 1 N–H and O–H groups in total. The van der Waals surface area contributed by atoms with Crippen LogP contribution in [0.3, 0.4) is 0 Å². The molecule has 2 aliphatic rings. The third-order valence-electron chi connectivity index (χ3n) is 5.25. The van der Waals surface area contributed by atoms with Gasteiger partial charge in [-0.15, -0.1) is 0 Å². The van der Waals surface area contributed by atoms with Crippen molar-refractivity contribution in [2.45, 2.75) is 45.4 Å². The zero-order valence-electron chi connectivity index (χ0n) is 15.1. The minimum atomic E-state index is 0.150. The number of para-hydroxylation sites is 2. The van der Waals surface area contributed by atoms with Crippen LogP contribution in [-0.2, 0) is 4.79 Å². The van der Waals surface area contributed by atoms with Crippen molar-refractivity contribution in [3.63, 3.8) is 0 Å². The van der Waals surface area contributed by atoms with Crippen molar-refractivity contribution in [2.24, 2.45) is 17.8 Å². The van der Waals surface area contributed by atoms with Gasteiger partial charge in [0.1, 0.15) is 5.75 Å². The first kappa shape index (κ1) is 17.8. The number of allylic oxidation sites excluding steroid dienone is 4. The molecule has 3 heteroatoms. The molecule has 1 saturated carbocycles. The summed E-state index contributed by atoms with van der Waals surface area (Å²) in [5.41, 5.74) is 0.788. The van der Waals surface area contributed by atoms with Crippen molar-refractivity contribution in [3.05, 3.63) is 48.6 Å². The van der Waals surface area contributed by atoms with Crippen molar-refractivity contribution < 1.29 is 9.53 Å². The summed E-state index contributed by atoms with van der Waals surface area (Å²) >= 11 is 0. The van der Waals surface area contributed by atoms with Crippen molar-refractivity contribution in [1.29, 1.82) is 0 Å². The summed E-state index contributed by atoms with van der Waals surface area (Å²) in [6.45, 7) is 2.55. The van der Waals surface area contributed by atoms with E-state index in [2.05, 4.69) is 29.6 Å². The topological polar surface area (TPSA) is 38.3 Å². The minimum Gasteiger partial charge on any atom is -0.492 e. The van der Waals surface area contributed by atoms with Gasteiger partial charge in [0.15, 0.2) is 0 Å². The molecule has 0 bridgehead atoms. The molecule has 1 aromatic carbocycles. The Morgan fingerprint density at radius 1 is 1.00 bits per heavy atom. The fraction of sp³-hybridized carbons (Fsp3) is 0.500. The Morgan fingerprint density at radius 2 is 1.60 bits per heavy atom. The maximum Gasteiger partial charge on any atom is 0.228 e.